The fourth-order valence-corrected chi connectivity index (χ4v) is 1.11. The molecule has 0 spiro atoms. The highest BCUT2D eigenvalue weighted by Crippen LogP contribution is 1.89. The van der Waals surface area contributed by atoms with Gasteiger partial charge in [-0.25, -0.2) is 0 Å². The summed E-state index contributed by atoms with van der Waals surface area (Å²) in [5.41, 5.74) is 0. The quantitative estimate of drug-likeness (QED) is 0.522. The molecule has 0 unspecified atom stereocenters. The second-order valence-corrected chi connectivity index (χ2v) is 3.71. The van der Waals surface area contributed by atoms with Gasteiger partial charge in [0.25, 0.3) is 0 Å². The summed E-state index contributed by atoms with van der Waals surface area (Å²) in [7, 11) is 1.60. The predicted molar refractivity (Wildman–Crippen MR) is 66.0 cm³/mol. The molecule has 102 valence electrons. The standard InChI is InChI=1S/C12H25NO4/c1-3-4-7-16-8-5-6-13-12(14)11-17-10-9-15-2/h3-11H2,1-2H3,(H,13,14). The average Bonchev–Trinajstić information content (AvgIpc) is 2.33. The molecule has 0 saturated heterocycles. The number of amides is 1. The number of methoxy groups -OCH3 is 1. The van der Waals surface area contributed by atoms with Crippen LogP contribution in [0, 0.1) is 0 Å². The number of hydrogen-bond acceptors (Lipinski definition) is 4. The van der Waals surface area contributed by atoms with E-state index in [1.165, 1.54) is 0 Å². The van der Waals surface area contributed by atoms with Crippen molar-refractivity contribution in [3.05, 3.63) is 0 Å². The lowest BCUT2D eigenvalue weighted by Gasteiger charge is -2.06. The number of carbonyl (C=O) groups is 1. The Morgan fingerprint density at radius 3 is 2.53 bits per heavy atom. The van der Waals surface area contributed by atoms with Crippen LogP contribution in [0.25, 0.3) is 0 Å². The number of rotatable bonds is 12. The molecule has 0 fully saturated rings. The van der Waals surface area contributed by atoms with E-state index in [1.54, 1.807) is 7.11 Å². The molecule has 0 aromatic heterocycles. The zero-order chi connectivity index (χ0) is 12.8. The SMILES string of the molecule is CCCCOCCCNC(=O)COCCOC. The summed E-state index contributed by atoms with van der Waals surface area (Å²) < 4.78 is 15.2. The molecule has 5 nitrogen and oxygen atoms in total. The van der Waals surface area contributed by atoms with Crippen molar-refractivity contribution >= 4 is 5.91 Å². The first kappa shape index (κ1) is 16.4. The van der Waals surface area contributed by atoms with Crippen LogP contribution < -0.4 is 5.32 Å². The highest BCUT2D eigenvalue weighted by molar-refractivity contribution is 5.77. The smallest absolute Gasteiger partial charge is 0.246 e. The number of carbonyl (C=O) groups excluding carboxylic acids is 1. The van der Waals surface area contributed by atoms with E-state index in [9.17, 15) is 4.79 Å². The van der Waals surface area contributed by atoms with Crippen LogP contribution in [-0.2, 0) is 19.0 Å². The molecule has 1 N–H and O–H groups in total. The van der Waals surface area contributed by atoms with Gasteiger partial charge in [-0.2, -0.15) is 0 Å². The van der Waals surface area contributed by atoms with E-state index in [0.29, 0.717) is 26.4 Å². The Bertz CT molecular complexity index is 176. The molecular weight excluding hydrogens is 222 g/mol. The van der Waals surface area contributed by atoms with Gasteiger partial charge in [-0.05, 0) is 12.8 Å². The first-order chi connectivity index (χ1) is 8.31. The maximum Gasteiger partial charge on any atom is 0.246 e. The first-order valence-corrected chi connectivity index (χ1v) is 6.22. The summed E-state index contributed by atoms with van der Waals surface area (Å²) >= 11 is 0. The van der Waals surface area contributed by atoms with Gasteiger partial charge in [0.15, 0.2) is 0 Å². The van der Waals surface area contributed by atoms with Crippen molar-refractivity contribution in [2.24, 2.45) is 0 Å². The summed E-state index contributed by atoms with van der Waals surface area (Å²) in [6.07, 6.45) is 3.09. The van der Waals surface area contributed by atoms with Crippen LogP contribution in [0.1, 0.15) is 26.2 Å². The minimum absolute atomic E-state index is 0.0883. The predicted octanol–water partition coefficient (Wildman–Crippen LogP) is 0.972. The zero-order valence-electron chi connectivity index (χ0n) is 11.0. The molecule has 0 radical (unpaired) electrons. The second kappa shape index (κ2) is 13.4. The molecule has 0 heterocycles. The van der Waals surface area contributed by atoms with E-state index in [4.69, 9.17) is 14.2 Å². The van der Waals surface area contributed by atoms with Crippen molar-refractivity contribution in [3.63, 3.8) is 0 Å². The second-order valence-electron chi connectivity index (χ2n) is 3.71. The third-order valence-corrected chi connectivity index (χ3v) is 2.09. The van der Waals surface area contributed by atoms with Crippen LogP contribution in [0.15, 0.2) is 0 Å². The molecule has 0 rings (SSSR count). The molecule has 0 aromatic carbocycles. The molecule has 0 atom stereocenters. The van der Waals surface area contributed by atoms with Crippen molar-refractivity contribution in [2.75, 3.05) is 46.7 Å². The van der Waals surface area contributed by atoms with Crippen molar-refractivity contribution in [1.29, 1.82) is 0 Å². The van der Waals surface area contributed by atoms with Crippen LogP contribution in [-0.4, -0.2) is 52.6 Å². The van der Waals surface area contributed by atoms with E-state index in [-0.39, 0.29) is 12.5 Å². The number of hydrogen-bond donors (Lipinski definition) is 1. The molecule has 0 saturated carbocycles. The van der Waals surface area contributed by atoms with Crippen LogP contribution in [0.3, 0.4) is 0 Å². The lowest BCUT2D eigenvalue weighted by atomic mass is 10.3. The summed E-state index contributed by atoms with van der Waals surface area (Å²) in [6.45, 7) is 5.34. The van der Waals surface area contributed by atoms with E-state index in [0.717, 1.165) is 25.9 Å². The number of unbranched alkanes of at least 4 members (excludes halogenated alkanes) is 1. The largest absolute Gasteiger partial charge is 0.382 e. The Kier molecular flexibility index (Phi) is 12.9. The van der Waals surface area contributed by atoms with Crippen molar-refractivity contribution in [3.8, 4) is 0 Å². The van der Waals surface area contributed by atoms with Crippen LogP contribution in [0.4, 0.5) is 0 Å². The third-order valence-electron chi connectivity index (χ3n) is 2.09. The van der Waals surface area contributed by atoms with E-state index >= 15 is 0 Å². The fraction of sp³-hybridized carbons (Fsp3) is 0.917. The molecular formula is C12H25NO4. The monoisotopic (exact) mass is 247 g/mol. The van der Waals surface area contributed by atoms with Crippen LogP contribution in [0.5, 0.6) is 0 Å². The zero-order valence-corrected chi connectivity index (χ0v) is 11.0. The van der Waals surface area contributed by atoms with E-state index in [1.807, 2.05) is 0 Å². The van der Waals surface area contributed by atoms with Crippen LogP contribution in [0.2, 0.25) is 0 Å². The highest BCUT2D eigenvalue weighted by Gasteiger charge is 1.99. The molecule has 5 heteroatoms. The van der Waals surface area contributed by atoms with Crippen molar-refractivity contribution < 1.29 is 19.0 Å². The molecule has 0 aliphatic rings. The van der Waals surface area contributed by atoms with E-state index < -0.39 is 0 Å². The normalized spacial score (nSPS) is 10.5. The Morgan fingerprint density at radius 2 is 1.82 bits per heavy atom. The number of ether oxygens (including phenoxy) is 3. The maximum absolute atomic E-state index is 11.2. The molecule has 0 aromatic rings. The summed E-state index contributed by atoms with van der Waals surface area (Å²) in [4.78, 5) is 11.2. The van der Waals surface area contributed by atoms with E-state index in [2.05, 4.69) is 12.2 Å². The van der Waals surface area contributed by atoms with Gasteiger partial charge in [-0.1, -0.05) is 13.3 Å². The molecule has 0 aliphatic carbocycles. The third kappa shape index (κ3) is 13.3. The first-order valence-electron chi connectivity index (χ1n) is 6.22. The molecule has 0 bridgehead atoms. The fourth-order valence-electron chi connectivity index (χ4n) is 1.11. The van der Waals surface area contributed by atoms with Gasteiger partial charge < -0.3 is 19.5 Å². The summed E-state index contributed by atoms with van der Waals surface area (Å²) in [5, 5.41) is 2.77. The molecule has 0 aliphatic heterocycles. The Morgan fingerprint density at radius 1 is 1.06 bits per heavy atom. The van der Waals surface area contributed by atoms with Gasteiger partial charge in [0.1, 0.15) is 6.61 Å². The highest BCUT2D eigenvalue weighted by atomic mass is 16.5. The Labute approximate surface area is 104 Å². The van der Waals surface area contributed by atoms with Gasteiger partial charge in [0.2, 0.25) is 5.91 Å². The summed E-state index contributed by atoms with van der Waals surface area (Å²) in [5.74, 6) is -0.0883. The van der Waals surface area contributed by atoms with Gasteiger partial charge >= 0.3 is 0 Å². The average molecular weight is 247 g/mol. The topological polar surface area (TPSA) is 56.8 Å². The lowest BCUT2D eigenvalue weighted by molar-refractivity contribution is -0.126. The molecule has 1 amide bonds. The van der Waals surface area contributed by atoms with Crippen molar-refractivity contribution in [2.45, 2.75) is 26.2 Å². The minimum atomic E-state index is -0.0883. The summed E-state index contributed by atoms with van der Waals surface area (Å²) in [6, 6.07) is 0. The van der Waals surface area contributed by atoms with Gasteiger partial charge in [-0.15, -0.1) is 0 Å². The Balaban J connectivity index is 3.11. The van der Waals surface area contributed by atoms with Gasteiger partial charge in [-0.3, -0.25) is 4.79 Å². The van der Waals surface area contributed by atoms with Gasteiger partial charge in [0.05, 0.1) is 13.2 Å². The number of nitrogens with one attached hydrogen (secondary N) is 1. The minimum Gasteiger partial charge on any atom is -0.382 e. The Hall–Kier alpha value is -0.650. The van der Waals surface area contributed by atoms with Crippen molar-refractivity contribution in [1.82, 2.24) is 5.32 Å². The van der Waals surface area contributed by atoms with Crippen LogP contribution >= 0.6 is 0 Å². The lowest BCUT2D eigenvalue weighted by Crippen LogP contribution is -2.29. The molecule has 17 heavy (non-hydrogen) atoms. The van der Waals surface area contributed by atoms with Gasteiger partial charge in [0, 0.05) is 26.9 Å². The maximum atomic E-state index is 11.2.